The van der Waals surface area contributed by atoms with Gasteiger partial charge in [0.1, 0.15) is 23.4 Å². The molecule has 0 unspecified atom stereocenters. The lowest BCUT2D eigenvalue weighted by atomic mass is 10.1. The molecule has 30 heavy (non-hydrogen) atoms. The van der Waals surface area contributed by atoms with Gasteiger partial charge in [0.25, 0.3) is 5.91 Å². The number of amides is 2. The normalized spacial score (nSPS) is 16.5. The van der Waals surface area contributed by atoms with Crippen molar-refractivity contribution in [3.63, 3.8) is 0 Å². The third kappa shape index (κ3) is 4.03. The van der Waals surface area contributed by atoms with Crippen molar-refractivity contribution in [2.24, 2.45) is 0 Å². The largest absolute Gasteiger partial charge is 0.457 e. The highest BCUT2D eigenvalue weighted by Crippen LogP contribution is 2.26. The molecule has 6 heteroatoms. The number of halogens is 1. The Hall–Kier alpha value is -3.67. The van der Waals surface area contributed by atoms with Crippen molar-refractivity contribution < 1.29 is 18.7 Å². The van der Waals surface area contributed by atoms with E-state index >= 15 is 0 Å². The van der Waals surface area contributed by atoms with E-state index in [0.29, 0.717) is 24.4 Å². The molecule has 0 spiro atoms. The van der Waals surface area contributed by atoms with Gasteiger partial charge in [0.15, 0.2) is 0 Å². The molecule has 1 atom stereocenters. The van der Waals surface area contributed by atoms with E-state index in [2.05, 4.69) is 0 Å². The lowest BCUT2D eigenvalue weighted by Crippen LogP contribution is -2.57. The van der Waals surface area contributed by atoms with Crippen LogP contribution in [-0.4, -0.2) is 35.8 Å². The van der Waals surface area contributed by atoms with Crippen molar-refractivity contribution in [1.82, 2.24) is 4.90 Å². The van der Waals surface area contributed by atoms with Crippen LogP contribution in [0.15, 0.2) is 78.9 Å². The van der Waals surface area contributed by atoms with Gasteiger partial charge in [0.2, 0.25) is 5.91 Å². The Kier molecular flexibility index (Phi) is 5.48. The number of carbonyl (C=O) groups excluding carboxylic acids is 2. The van der Waals surface area contributed by atoms with Crippen molar-refractivity contribution in [3.8, 4) is 11.5 Å². The Morgan fingerprint density at radius 3 is 2.20 bits per heavy atom. The highest BCUT2D eigenvalue weighted by Gasteiger charge is 2.35. The molecular weight excluding hydrogens is 383 g/mol. The first kappa shape index (κ1) is 19.6. The van der Waals surface area contributed by atoms with Crippen LogP contribution >= 0.6 is 0 Å². The average molecular weight is 404 g/mol. The molecule has 5 nitrogen and oxygen atoms in total. The van der Waals surface area contributed by atoms with Crippen LogP contribution in [0, 0.1) is 5.82 Å². The van der Waals surface area contributed by atoms with Crippen molar-refractivity contribution in [1.29, 1.82) is 0 Å². The van der Waals surface area contributed by atoms with Crippen LogP contribution in [0.5, 0.6) is 11.5 Å². The van der Waals surface area contributed by atoms with Gasteiger partial charge in [-0.2, -0.15) is 0 Å². The number of nitrogens with zero attached hydrogens (tertiary/aromatic N) is 2. The van der Waals surface area contributed by atoms with Crippen LogP contribution in [0.4, 0.5) is 10.1 Å². The molecular formula is C24H21FN2O3. The minimum absolute atomic E-state index is 0.159. The molecule has 1 aliphatic heterocycles. The molecule has 0 N–H and O–H groups in total. The molecule has 0 aliphatic carbocycles. The van der Waals surface area contributed by atoms with Gasteiger partial charge >= 0.3 is 0 Å². The number of anilines is 1. The maximum Gasteiger partial charge on any atom is 0.254 e. The van der Waals surface area contributed by atoms with E-state index < -0.39 is 11.9 Å². The minimum atomic E-state index is -0.614. The summed E-state index contributed by atoms with van der Waals surface area (Å²) in [5.41, 5.74) is 1.12. The predicted octanol–water partition coefficient (Wildman–Crippen LogP) is 4.50. The molecule has 0 saturated carbocycles. The monoisotopic (exact) mass is 404 g/mol. The second kappa shape index (κ2) is 8.37. The third-order valence-corrected chi connectivity index (χ3v) is 5.13. The molecule has 1 saturated heterocycles. The smallest absolute Gasteiger partial charge is 0.254 e. The number of carbonyl (C=O) groups is 2. The molecule has 3 aromatic rings. The summed E-state index contributed by atoms with van der Waals surface area (Å²) in [5, 5.41) is 0. The number of benzene rings is 3. The van der Waals surface area contributed by atoms with E-state index in [0.717, 1.165) is 11.4 Å². The number of rotatable bonds is 4. The van der Waals surface area contributed by atoms with Crippen LogP contribution in [0.3, 0.4) is 0 Å². The minimum Gasteiger partial charge on any atom is -0.457 e. The zero-order valence-corrected chi connectivity index (χ0v) is 16.5. The van der Waals surface area contributed by atoms with Gasteiger partial charge in [-0.25, -0.2) is 4.39 Å². The number of ether oxygens (including phenoxy) is 1. The zero-order valence-electron chi connectivity index (χ0n) is 16.5. The van der Waals surface area contributed by atoms with Gasteiger partial charge in [-0.3, -0.25) is 9.59 Å². The molecule has 1 heterocycles. The first-order valence-electron chi connectivity index (χ1n) is 9.74. The first-order chi connectivity index (χ1) is 14.5. The molecule has 4 rings (SSSR count). The summed E-state index contributed by atoms with van der Waals surface area (Å²) in [4.78, 5) is 28.9. The van der Waals surface area contributed by atoms with Crippen molar-refractivity contribution in [2.45, 2.75) is 13.0 Å². The summed E-state index contributed by atoms with van der Waals surface area (Å²) in [6, 6.07) is 21.5. The van der Waals surface area contributed by atoms with Gasteiger partial charge < -0.3 is 14.5 Å². The Labute approximate surface area is 174 Å². The molecule has 1 fully saturated rings. The number of hydrogen-bond acceptors (Lipinski definition) is 3. The molecule has 0 radical (unpaired) electrons. The summed E-state index contributed by atoms with van der Waals surface area (Å²) in [5.74, 6) is 0.578. The Balaban J connectivity index is 1.45. The van der Waals surface area contributed by atoms with E-state index in [1.165, 1.54) is 29.2 Å². The first-order valence-corrected chi connectivity index (χ1v) is 9.74. The Morgan fingerprint density at radius 2 is 1.53 bits per heavy atom. The fourth-order valence-corrected chi connectivity index (χ4v) is 3.48. The van der Waals surface area contributed by atoms with Gasteiger partial charge in [-0.15, -0.1) is 0 Å². The van der Waals surface area contributed by atoms with Gasteiger partial charge in [0.05, 0.1) is 0 Å². The molecule has 0 aromatic heterocycles. The van der Waals surface area contributed by atoms with E-state index in [-0.39, 0.29) is 11.8 Å². The Bertz CT molecular complexity index is 1040. The van der Waals surface area contributed by atoms with Gasteiger partial charge in [-0.05, 0) is 67.6 Å². The second-order valence-electron chi connectivity index (χ2n) is 7.08. The summed E-state index contributed by atoms with van der Waals surface area (Å²) in [6.07, 6.45) is 0. The predicted molar refractivity (Wildman–Crippen MR) is 112 cm³/mol. The molecule has 3 aromatic carbocycles. The van der Waals surface area contributed by atoms with Crippen LogP contribution < -0.4 is 9.64 Å². The molecule has 1 aliphatic rings. The maximum atomic E-state index is 13.1. The summed E-state index contributed by atoms with van der Waals surface area (Å²) in [6.45, 7) is 2.49. The summed E-state index contributed by atoms with van der Waals surface area (Å²) in [7, 11) is 0. The van der Waals surface area contributed by atoms with Crippen molar-refractivity contribution in [2.75, 3.05) is 18.0 Å². The number of hydrogen-bond donors (Lipinski definition) is 0. The van der Waals surface area contributed by atoms with Crippen molar-refractivity contribution in [3.05, 3.63) is 90.2 Å². The number of para-hydroxylation sites is 1. The topological polar surface area (TPSA) is 49.9 Å². The SMILES string of the molecule is C[C@H]1C(=O)N(c2ccc(Oc3ccccc3)cc2)CCN1C(=O)c1ccc(F)cc1. The van der Waals surface area contributed by atoms with Crippen LogP contribution in [0.25, 0.3) is 0 Å². The van der Waals surface area contributed by atoms with E-state index in [9.17, 15) is 14.0 Å². The fourth-order valence-electron chi connectivity index (χ4n) is 3.48. The summed E-state index contributed by atoms with van der Waals surface area (Å²) < 4.78 is 18.9. The molecule has 2 amide bonds. The Morgan fingerprint density at radius 1 is 0.900 bits per heavy atom. The van der Waals surface area contributed by atoms with Gasteiger partial charge in [-0.1, -0.05) is 18.2 Å². The highest BCUT2D eigenvalue weighted by atomic mass is 19.1. The third-order valence-electron chi connectivity index (χ3n) is 5.13. The van der Waals surface area contributed by atoms with Gasteiger partial charge in [0, 0.05) is 24.3 Å². The van der Waals surface area contributed by atoms with Crippen molar-refractivity contribution >= 4 is 17.5 Å². The van der Waals surface area contributed by atoms with Crippen LogP contribution in [0.2, 0.25) is 0 Å². The van der Waals surface area contributed by atoms with E-state index in [1.54, 1.807) is 11.8 Å². The molecule has 0 bridgehead atoms. The van der Waals surface area contributed by atoms with E-state index in [4.69, 9.17) is 4.74 Å². The molecule has 152 valence electrons. The summed E-state index contributed by atoms with van der Waals surface area (Å²) >= 11 is 0. The maximum absolute atomic E-state index is 13.1. The zero-order chi connectivity index (χ0) is 21.1. The lowest BCUT2D eigenvalue weighted by Gasteiger charge is -2.39. The highest BCUT2D eigenvalue weighted by molar-refractivity contribution is 6.03. The second-order valence-corrected chi connectivity index (χ2v) is 7.08. The average Bonchev–Trinajstić information content (AvgIpc) is 2.77. The number of piperazine rings is 1. The fraction of sp³-hybridized carbons (Fsp3) is 0.167. The van der Waals surface area contributed by atoms with Crippen LogP contribution in [-0.2, 0) is 4.79 Å². The lowest BCUT2D eigenvalue weighted by molar-refractivity contribution is -0.124. The van der Waals surface area contributed by atoms with Crippen LogP contribution in [0.1, 0.15) is 17.3 Å². The standard InChI is InChI=1S/C24H21FN2O3/c1-17-23(28)27(16-15-26(17)24(29)18-7-9-19(25)10-8-18)20-11-13-22(14-12-20)30-21-5-3-2-4-6-21/h2-14,17H,15-16H2,1H3/t17-/m0/s1. The quantitative estimate of drug-likeness (QED) is 0.644. The van der Waals surface area contributed by atoms with E-state index in [1.807, 2.05) is 54.6 Å².